The minimum absolute atomic E-state index is 0.634. The fourth-order valence-corrected chi connectivity index (χ4v) is 0.601. The van der Waals surface area contributed by atoms with Crippen LogP contribution in [-0.2, 0) is 0 Å². The number of aliphatic hydroxyl groups is 1. The van der Waals surface area contributed by atoms with Crippen molar-refractivity contribution in [3.8, 4) is 0 Å². The summed E-state index contributed by atoms with van der Waals surface area (Å²) in [5, 5.41) is 9.03. The average Bonchev–Trinajstić information content (AvgIpc) is 1.82. The van der Waals surface area contributed by atoms with Crippen LogP contribution in [0.1, 0.15) is 13.8 Å². The van der Waals surface area contributed by atoms with Crippen LogP contribution in [-0.4, -0.2) is 22.9 Å². The maximum absolute atomic E-state index is 9.03. The lowest BCUT2D eigenvalue weighted by molar-refractivity contribution is 0.151. The Hall–Kier alpha value is -0.700. The number of hydrogen-bond acceptors (Lipinski definition) is 3. The van der Waals surface area contributed by atoms with Crippen molar-refractivity contribution in [3.05, 3.63) is 0 Å². The fraction of sp³-hybridized carbons (Fsp3) is 0.600. The van der Waals surface area contributed by atoms with E-state index in [9.17, 15) is 0 Å². The number of amidine groups is 1. The van der Waals surface area contributed by atoms with Gasteiger partial charge in [0.15, 0.2) is 5.72 Å². The predicted molar refractivity (Wildman–Crippen MR) is 32.2 cm³/mol. The molecule has 8 heavy (non-hydrogen) atoms. The fourth-order valence-electron chi connectivity index (χ4n) is 0.601. The van der Waals surface area contributed by atoms with Gasteiger partial charge in [-0.1, -0.05) is 0 Å². The van der Waals surface area contributed by atoms with Crippen LogP contribution < -0.4 is 0 Å². The van der Waals surface area contributed by atoms with Crippen molar-refractivity contribution >= 4 is 12.1 Å². The summed E-state index contributed by atoms with van der Waals surface area (Å²) in [6.07, 6.45) is 1.42. The van der Waals surface area contributed by atoms with E-state index < -0.39 is 5.72 Å². The third kappa shape index (κ3) is 0.924. The SMILES string of the molecule is CC1=NC(C)(O)C=N1. The molecule has 3 nitrogen and oxygen atoms in total. The molecule has 3 heteroatoms. The highest BCUT2D eigenvalue weighted by Gasteiger charge is 2.19. The van der Waals surface area contributed by atoms with E-state index >= 15 is 0 Å². The lowest BCUT2D eigenvalue weighted by Gasteiger charge is -2.04. The Bertz CT molecular complexity index is 158. The van der Waals surface area contributed by atoms with Gasteiger partial charge in [-0.3, -0.25) is 0 Å². The van der Waals surface area contributed by atoms with Gasteiger partial charge in [-0.15, -0.1) is 0 Å². The van der Waals surface area contributed by atoms with E-state index in [0.717, 1.165) is 0 Å². The molecule has 0 spiro atoms. The summed E-state index contributed by atoms with van der Waals surface area (Å²) < 4.78 is 0. The van der Waals surface area contributed by atoms with E-state index in [0.29, 0.717) is 5.84 Å². The third-order valence-corrected chi connectivity index (χ3v) is 0.884. The second-order valence-electron chi connectivity index (χ2n) is 2.01. The van der Waals surface area contributed by atoms with E-state index in [1.807, 2.05) is 0 Å². The molecule has 0 fully saturated rings. The minimum atomic E-state index is -1.04. The van der Waals surface area contributed by atoms with E-state index in [2.05, 4.69) is 9.98 Å². The van der Waals surface area contributed by atoms with Gasteiger partial charge >= 0.3 is 0 Å². The first kappa shape index (κ1) is 5.44. The molecule has 0 aromatic heterocycles. The van der Waals surface area contributed by atoms with Crippen LogP contribution in [0.4, 0.5) is 0 Å². The molecule has 1 unspecified atom stereocenters. The predicted octanol–water partition coefficient (Wildman–Crippen LogP) is 0.198. The number of nitrogens with zero attached hydrogens (tertiary/aromatic N) is 2. The summed E-state index contributed by atoms with van der Waals surface area (Å²) in [5.74, 6) is 0.634. The molecular formula is C5H8N2O. The first-order chi connectivity index (χ1) is 3.60. The molecule has 1 aliphatic heterocycles. The van der Waals surface area contributed by atoms with Gasteiger partial charge in [0.05, 0.1) is 6.21 Å². The van der Waals surface area contributed by atoms with E-state index in [-0.39, 0.29) is 0 Å². The van der Waals surface area contributed by atoms with Crippen LogP contribution in [0.15, 0.2) is 9.98 Å². The normalized spacial score (nSPS) is 35.6. The Balaban J connectivity index is 2.84. The van der Waals surface area contributed by atoms with Gasteiger partial charge < -0.3 is 5.11 Å². The third-order valence-electron chi connectivity index (χ3n) is 0.884. The Kier molecular flexibility index (Phi) is 0.942. The Morgan fingerprint density at radius 1 is 1.75 bits per heavy atom. The van der Waals surface area contributed by atoms with Crippen LogP contribution in [0.3, 0.4) is 0 Å². The second-order valence-corrected chi connectivity index (χ2v) is 2.01. The highest BCUT2D eigenvalue weighted by molar-refractivity contribution is 5.95. The zero-order chi connectivity index (χ0) is 6.20. The molecule has 0 amide bonds. The lowest BCUT2D eigenvalue weighted by atomic mass is 10.3. The van der Waals surface area contributed by atoms with Gasteiger partial charge in [-0.05, 0) is 13.8 Å². The standard InChI is InChI=1S/C5H8N2O/c1-4-6-3-5(2,8)7-4/h3,8H,1-2H3. The second kappa shape index (κ2) is 1.39. The van der Waals surface area contributed by atoms with E-state index in [4.69, 9.17) is 5.11 Å². The maximum Gasteiger partial charge on any atom is 0.191 e. The molecule has 0 saturated carbocycles. The molecule has 1 rings (SSSR count). The van der Waals surface area contributed by atoms with Gasteiger partial charge in [0.25, 0.3) is 0 Å². The van der Waals surface area contributed by atoms with Crippen molar-refractivity contribution < 1.29 is 5.11 Å². The Morgan fingerprint density at radius 3 is 2.50 bits per heavy atom. The topological polar surface area (TPSA) is 45.0 Å². The summed E-state index contributed by atoms with van der Waals surface area (Å²) in [6.45, 7) is 3.34. The molecule has 1 atom stereocenters. The van der Waals surface area contributed by atoms with Crippen molar-refractivity contribution in [2.24, 2.45) is 9.98 Å². The maximum atomic E-state index is 9.03. The highest BCUT2D eigenvalue weighted by Crippen LogP contribution is 2.07. The van der Waals surface area contributed by atoms with E-state index in [1.165, 1.54) is 6.21 Å². The zero-order valence-electron chi connectivity index (χ0n) is 4.92. The van der Waals surface area contributed by atoms with Gasteiger partial charge in [0.2, 0.25) is 0 Å². The molecule has 44 valence electrons. The van der Waals surface area contributed by atoms with E-state index in [1.54, 1.807) is 13.8 Å². The molecule has 0 aromatic rings. The smallest absolute Gasteiger partial charge is 0.191 e. The molecule has 0 saturated heterocycles. The van der Waals surface area contributed by atoms with Crippen LogP contribution in [0, 0.1) is 0 Å². The van der Waals surface area contributed by atoms with Crippen LogP contribution in [0.2, 0.25) is 0 Å². The first-order valence-electron chi connectivity index (χ1n) is 2.44. The van der Waals surface area contributed by atoms with Crippen molar-refractivity contribution in [3.63, 3.8) is 0 Å². The summed E-state index contributed by atoms with van der Waals surface area (Å²) in [4.78, 5) is 7.53. The van der Waals surface area contributed by atoms with Gasteiger partial charge in [-0.2, -0.15) is 0 Å². The summed E-state index contributed by atoms with van der Waals surface area (Å²) >= 11 is 0. The first-order valence-corrected chi connectivity index (χ1v) is 2.44. The van der Waals surface area contributed by atoms with Crippen molar-refractivity contribution in [2.75, 3.05) is 0 Å². The monoisotopic (exact) mass is 112 g/mol. The number of aliphatic imine (C=N–C) groups is 2. The number of rotatable bonds is 0. The average molecular weight is 112 g/mol. The molecule has 1 aliphatic rings. The Labute approximate surface area is 47.8 Å². The minimum Gasteiger partial charge on any atom is -0.365 e. The van der Waals surface area contributed by atoms with Crippen molar-refractivity contribution in [1.82, 2.24) is 0 Å². The molecule has 0 radical (unpaired) electrons. The zero-order valence-corrected chi connectivity index (χ0v) is 4.92. The number of hydrogen-bond donors (Lipinski definition) is 1. The van der Waals surface area contributed by atoms with Crippen LogP contribution in [0.5, 0.6) is 0 Å². The van der Waals surface area contributed by atoms with Crippen LogP contribution >= 0.6 is 0 Å². The van der Waals surface area contributed by atoms with Crippen LogP contribution in [0.25, 0.3) is 0 Å². The Morgan fingerprint density at radius 2 is 2.38 bits per heavy atom. The van der Waals surface area contributed by atoms with Gasteiger partial charge in [0.1, 0.15) is 5.84 Å². The molecule has 1 heterocycles. The highest BCUT2D eigenvalue weighted by atomic mass is 16.3. The van der Waals surface area contributed by atoms with Gasteiger partial charge in [-0.25, -0.2) is 9.98 Å². The summed E-state index contributed by atoms with van der Waals surface area (Å²) in [6, 6.07) is 0. The molecule has 1 N–H and O–H groups in total. The van der Waals surface area contributed by atoms with Crippen molar-refractivity contribution in [2.45, 2.75) is 19.6 Å². The van der Waals surface area contributed by atoms with Crippen molar-refractivity contribution in [1.29, 1.82) is 0 Å². The largest absolute Gasteiger partial charge is 0.365 e. The summed E-state index contributed by atoms with van der Waals surface area (Å²) in [5.41, 5.74) is -1.04. The molecule has 0 aliphatic carbocycles. The summed E-state index contributed by atoms with van der Waals surface area (Å²) in [7, 11) is 0. The lowest BCUT2D eigenvalue weighted by Crippen LogP contribution is -2.19. The van der Waals surface area contributed by atoms with Gasteiger partial charge in [0, 0.05) is 0 Å². The molecule has 0 bridgehead atoms. The molecular weight excluding hydrogens is 104 g/mol. The molecule has 0 aromatic carbocycles. The quantitative estimate of drug-likeness (QED) is 0.478.